The minimum atomic E-state index is 0. The van der Waals surface area contributed by atoms with Gasteiger partial charge in [0.2, 0.25) is 5.91 Å². The number of carbonyl (C=O) groups excluding carboxylic acids is 1. The van der Waals surface area contributed by atoms with Crippen molar-refractivity contribution < 1.29 is 4.79 Å². The van der Waals surface area contributed by atoms with Gasteiger partial charge in [-0.1, -0.05) is 6.07 Å². The van der Waals surface area contributed by atoms with Crippen molar-refractivity contribution in [1.82, 2.24) is 20.5 Å². The number of amides is 1. The first-order valence-electron chi connectivity index (χ1n) is 7.34. The largest absolute Gasteiger partial charge is 0.353 e. The third-order valence-corrected chi connectivity index (χ3v) is 3.67. The van der Waals surface area contributed by atoms with Crippen molar-refractivity contribution in [3.05, 3.63) is 30.1 Å². The zero-order valence-corrected chi connectivity index (χ0v) is 15.8. The third-order valence-electron chi connectivity index (χ3n) is 3.67. The number of hydrogen-bond donors (Lipinski definition) is 2. The first kappa shape index (κ1) is 24.7. The van der Waals surface area contributed by atoms with Crippen molar-refractivity contribution in [2.45, 2.75) is 31.8 Å². The highest BCUT2D eigenvalue weighted by Gasteiger charge is 2.20. The van der Waals surface area contributed by atoms with Gasteiger partial charge in [-0.15, -0.1) is 37.2 Å². The van der Waals surface area contributed by atoms with E-state index in [9.17, 15) is 4.79 Å². The number of halogens is 3. The van der Waals surface area contributed by atoms with Gasteiger partial charge in [-0.2, -0.15) is 0 Å². The molecule has 23 heavy (non-hydrogen) atoms. The summed E-state index contributed by atoms with van der Waals surface area (Å²) in [5.41, 5.74) is 1.11. The van der Waals surface area contributed by atoms with Crippen LogP contribution in [-0.2, 0) is 11.3 Å². The average Bonchev–Trinajstić information content (AvgIpc) is 2.48. The SMILES string of the molecule is CNCCC(=O)NC1CCN(Cc2ccccn2)CC1.Cl.Cl.Cl. The molecule has 0 saturated carbocycles. The number of nitrogens with one attached hydrogen (secondary N) is 2. The Bertz CT molecular complexity index is 414. The Balaban J connectivity index is 0. The fourth-order valence-electron chi connectivity index (χ4n) is 2.49. The van der Waals surface area contributed by atoms with Gasteiger partial charge in [-0.3, -0.25) is 14.7 Å². The van der Waals surface area contributed by atoms with Crippen LogP contribution in [0.2, 0.25) is 0 Å². The first-order chi connectivity index (χ1) is 9.78. The Morgan fingerprint density at radius 3 is 2.52 bits per heavy atom. The first-order valence-corrected chi connectivity index (χ1v) is 7.34. The Labute approximate surface area is 157 Å². The summed E-state index contributed by atoms with van der Waals surface area (Å²) in [5.74, 6) is 0.155. The van der Waals surface area contributed by atoms with Gasteiger partial charge in [0.15, 0.2) is 0 Å². The molecule has 0 aliphatic carbocycles. The molecule has 0 aromatic carbocycles. The molecule has 1 saturated heterocycles. The molecule has 5 nitrogen and oxygen atoms in total. The number of carbonyl (C=O) groups is 1. The predicted octanol–water partition coefficient (Wildman–Crippen LogP) is 2.04. The monoisotopic (exact) mass is 384 g/mol. The van der Waals surface area contributed by atoms with Crippen LogP contribution in [-0.4, -0.2) is 48.5 Å². The molecule has 134 valence electrons. The number of nitrogens with zero attached hydrogens (tertiary/aromatic N) is 2. The van der Waals surface area contributed by atoms with E-state index in [1.54, 1.807) is 0 Å². The zero-order chi connectivity index (χ0) is 14.2. The molecule has 1 amide bonds. The summed E-state index contributed by atoms with van der Waals surface area (Å²) in [5, 5.41) is 6.11. The van der Waals surface area contributed by atoms with Gasteiger partial charge in [-0.25, -0.2) is 0 Å². The molecular formula is C15H27Cl3N4O. The smallest absolute Gasteiger partial charge is 0.221 e. The Morgan fingerprint density at radius 2 is 1.96 bits per heavy atom. The minimum Gasteiger partial charge on any atom is -0.353 e. The number of pyridine rings is 1. The Kier molecular flexibility index (Phi) is 14.8. The number of hydrogen-bond acceptors (Lipinski definition) is 4. The maximum atomic E-state index is 11.7. The fourth-order valence-corrected chi connectivity index (χ4v) is 2.49. The lowest BCUT2D eigenvalue weighted by Crippen LogP contribution is -2.44. The molecule has 8 heteroatoms. The lowest BCUT2D eigenvalue weighted by atomic mass is 10.0. The van der Waals surface area contributed by atoms with Gasteiger partial charge in [0, 0.05) is 44.8 Å². The predicted molar refractivity (Wildman–Crippen MR) is 101 cm³/mol. The highest BCUT2D eigenvalue weighted by atomic mass is 35.5. The summed E-state index contributed by atoms with van der Waals surface area (Å²) in [6.07, 6.45) is 4.45. The van der Waals surface area contributed by atoms with Gasteiger partial charge >= 0.3 is 0 Å². The van der Waals surface area contributed by atoms with Crippen LogP contribution in [0.15, 0.2) is 24.4 Å². The van der Waals surface area contributed by atoms with E-state index in [0.717, 1.165) is 44.7 Å². The molecule has 0 radical (unpaired) electrons. The summed E-state index contributed by atoms with van der Waals surface area (Å²) in [6.45, 7) is 3.69. The van der Waals surface area contributed by atoms with Crippen molar-refractivity contribution in [1.29, 1.82) is 0 Å². The van der Waals surface area contributed by atoms with Crippen LogP contribution in [0.5, 0.6) is 0 Å². The zero-order valence-electron chi connectivity index (χ0n) is 13.4. The van der Waals surface area contributed by atoms with Crippen molar-refractivity contribution in [2.75, 3.05) is 26.7 Å². The van der Waals surface area contributed by atoms with Gasteiger partial charge in [0.1, 0.15) is 0 Å². The number of aromatic nitrogens is 1. The second kappa shape index (κ2) is 13.8. The molecule has 1 aliphatic rings. The van der Waals surface area contributed by atoms with Crippen LogP contribution in [0.4, 0.5) is 0 Å². The summed E-state index contributed by atoms with van der Waals surface area (Å²) in [6, 6.07) is 6.36. The van der Waals surface area contributed by atoms with Crippen LogP contribution >= 0.6 is 37.2 Å². The quantitative estimate of drug-likeness (QED) is 0.787. The van der Waals surface area contributed by atoms with E-state index in [1.807, 2.05) is 25.4 Å². The standard InChI is InChI=1S/C15H24N4O.3ClH/c1-16-9-5-15(20)18-13-6-10-19(11-7-13)12-14-4-2-3-8-17-14;;;/h2-4,8,13,16H,5-7,9-12H2,1H3,(H,18,20);3*1H. The molecule has 0 atom stereocenters. The third kappa shape index (κ3) is 9.33. The van der Waals surface area contributed by atoms with Gasteiger partial charge in [0.25, 0.3) is 0 Å². The molecule has 1 aromatic rings. The van der Waals surface area contributed by atoms with Gasteiger partial charge in [-0.05, 0) is 32.0 Å². The lowest BCUT2D eigenvalue weighted by Gasteiger charge is -2.32. The van der Waals surface area contributed by atoms with E-state index in [2.05, 4.69) is 26.6 Å². The molecule has 2 heterocycles. The molecule has 0 unspecified atom stereocenters. The maximum Gasteiger partial charge on any atom is 0.221 e. The van der Waals surface area contributed by atoms with Crippen molar-refractivity contribution in [3.8, 4) is 0 Å². The molecule has 2 N–H and O–H groups in total. The van der Waals surface area contributed by atoms with Crippen molar-refractivity contribution >= 4 is 43.1 Å². The molecule has 1 aromatic heterocycles. The van der Waals surface area contributed by atoms with Crippen LogP contribution < -0.4 is 10.6 Å². The average molecular weight is 386 g/mol. The highest BCUT2D eigenvalue weighted by molar-refractivity contribution is 5.86. The molecule has 0 spiro atoms. The van der Waals surface area contributed by atoms with E-state index in [1.165, 1.54) is 0 Å². The van der Waals surface area contributed by atoms with Crippen molar-refractivity contribution in [3.63, 3.8) is 0 Å². The Hall–Kier alpha value is -0.590. The minimum absolute atomic E-state index is 0. The Morgan fingerprint density at radius 1 is 1.26 bits per heavy atom. The van der Waals surface area contributed by atoms with E-state index >= 15 is 0 Å². The van der Waals surface area contributed by atoms with E-state index in [0.29, 0.717) is 12.5 Å². The number of likely N-dealkylation sites (tertiary alicyclic amines) is 1. The molecule has 1 aliphatic heterocycles. The summed E-state index contributed by atoms with van der Waals surface area (Å²) in [4.78, 5) is 18.4. The molecular weight excluding hydrogens is 359 g/mol. The van der Waals surface area contributed by atoms with Crippen molar-refractivity contribution in [2.24, 2.45) is 0 Å². The van der Waals surface area contributed by atoms with E-state index < -0.39 is 0 Å². The maximum absolute atomic E-state index is 11.7. The molecule has 2 rings (SSSR count). The van der Waals surface area contributed by atoms with Crippen LogP contribution in [0.25, 0.3) is 0 Å². The van der Waals surface area contributed by atoms with Crippen LogP contribution in [0.1, 0.15) is 25.0 Å². The summed E-state index contributed by atoms with van der Waals surface area (Å²) in [7, 11) is 1.86. The summed E-state index contributed by atoms with van der Waals surface area (Å²) >= 11 is 0. The van der Waals surface area contributed by atoms with Crippen LogP contribution in [0, 0.1) is 0 Å². The fraction of sp³-hybridized carbons (Fsp3) is 0.600. The van der Waals surface area contributed by atoms with Crippen LogP contribution in [0.3, 0.4) is 0 Å². The van der Waals surface area contributed by atoms with Gasteiger partial charge in [0.05, 0.1) is 5.69 Å². The van der Waals surface area contributed by atoms with E-state index in [-0.39, 0.29) is 43.1 Å². The summed E-state index contributed by atoms with van der Waals surface area (Å²) < 4.78 is 0. The highest BCUT2D eigenvalue weighted by Crippen LogP contribution is 2.12. The number of rotatable bonds is 6. The second-order valence-electron chi connectivity index (χ2n) is 5.29. The number of piperidine rings is 1. The van der Waals surface area contributed by atoms with E-state index in [4.69, 9.17) is 0 Å². The second-order valence-corrected chi connectivity index (χ2v) is 5.29. The van der Waals surface area contributed by atoms with Gasteiger partial charge < -0.3 is 10.6 Å². The molecule has 1 fully saturated rings. The molecule has 0 bridgehead atoms. The normalized spacial score (nSPS) is 14.8. The topological polar surface area (TPSA) is 57.3 Å². The lowest BCUT2D eigenvalue weighted by molar-refractivity contribution is -0.122.